The van der Waals surface area contributed by atoms with Gasteiger partial charge in [-0.05, 0) is 5.22 Å². The molecule has 1 aliphatic rings. The van der Waals surface area contributed by atoms with Crippen molar-refractivity contribution < 1.29 is 44.4 Å². The van der Waals surface area contributed by atoms with Gasteiger partial charge in [0.25, 0.3) is 0 Å². The van der Waals surface area contributed by atoms with Crippen molar-refractivity contribution in [3.05, 3.63) is 10.1 Å². The Kier molecular flexibility index (Phi) is 3.43. The molecule has 12 heavy (non-hydrogen) atoms. The first-order valence-corrected chi connectivity index (χ1v) is 2.42. The minimum atomic E-state index is -2.61. The monoisotopic (exact) mass is 180 g/mol. The van der Waals surface area contributed by atoms with E-state index in [4.69, 9.17) is 0 Å². The molecular formula is C3HN4NaO4. The van der Waals surface area contributed by atoms with Crippen molar-refractivity contribution in [2.75, 3.05) is 0 Å². The van der Waals surface area contributed by atoms with E-state index in [2.05, 4.69) is 15.4 Å². The topological polar surface area (TPSA) is 120 Å². The maximum Gasteiger partial charge on any atom is 1.00 e. The molecule has 0 saturated heterocycles. The molecule has 0 aromatic heterocycles. The van der Waals surface area contributed by atoms with E-state index in [0.29, 0.717) is 6.21 Å². The van der Waals surface area contributed by atoms with Gasteiger partial charge in [-0.3, -0.25) is 10.1 Å². The van der Waals surface area contributed by atoms with Gasteiger partial charge in [-0.2, -0.15) is 0 Å². The standard InChI is InChI=1S/C3H2N4O4.Na/c8-2(9)3(7(10)11)1-4-6-5-3;/h1H,(H,8,9);/q;+1/p-1. The average molecular weight is 180 g/mol. The average Bonchev–Trinajstić information content (AvgIpc) is 2.34. The van der Waals surface area contributed by atoms with E-state index in [1.165, 1.54) is 0 Å². The summed E-state index contributed by atoms with van der Waals surface area (Å²) in [6.07, 6.45) is 0.502. The molecule has 0 saturated carbocycles. The smallest absolute Gasteiger partial charge is 0.541 e. The second-order valence-electron chi connectivity index (χ2n) is 1.70. The van der Waals surface area contributed by atoms with Crippen molar-refractivity contribution in [3.8, 4) is 0 Å². The molecule has 1 rings (SSSR count). The van der Waals surface area contributed by atoms with Gasteiger partial charge in [-0.1, -0.05) is 5.11 Å². The van der Waals surface area contributed by atoms with E-state index in [0.717, 1.165) is 0 Å². The second-order valence-corrected chi connectivity index (χ2v) is 1.70. The first kappa shape index (κ1) is 11.1. The number of carbonyl (C=O) groups is 1. The third kappa shape index (κ3) is 1.49. The van der Waals surface area contributed by atoms with Crippen LogP contribution >= 0.6 is 0 Å². The zero-order valence-corrected chi connectivity index (χ0v) is 8.00. The minimum absolute atomic E-state index is 0. The van der Waals surface area contributed by atoms with Crippen molar-refractivity contribution in [2.24, 2.45) is 15.4 Å². The molecule has 0 aromatic carbocycles. The molecule has 1 heterocycles. The largest absolute Gasteiger partial charge is 1.00 e. The molecule has 0 amide bonds. The van der Waals surface area contributed by atoms with Crippen LogP contribution < -0.4 is 34.7 Å². The van der Waals surface area contributed by atoms with Gasteiger partial charge in [-0.15, -0.1) is 5.10 Å². The predicted octanol–water partition coefficient (Wildman–Crippen LogP) is -4.84. The van der Waals surface area contributed by atoms with Gasteiger partial charge in [-0.25, -0.2) is 0 Å². The Morgan fingerprint density at radius 3 is 2.33 bits per heavy atom. The quantitative estimate of drug-likeness (QED) is 0.240. The van der Waals surface area contributed by atoms with E-state index in [1.54, 1.807) is 0 Å². The summed E-state index contributed by atoms with van der Waals surface area (Å²) in [6.45, 7) is 0. The molecule has 9 heteroatoms. The molecule has 58 valence electrons. The second kappa shape index (κ2) is 3.70. The molecule has 0 aliphatic carbocycles. The third-order valence-corrected chi connectivity index (χ3v) is 1.07. The van der Waals surface area contributed by atoms with Crippen molar-refractivity contribution in [3.63, 3.8) is 0 Å². The number of hydrogen-bond acceptors (Lipinski definition) is 7. The van der Waals surface area contributed by atoms with Crippen LogP contribution in [-0.4, -0.2) is 22.8 Å². The van der Waals surface area contributed by atoms with Gasteiger partial charge in [0.15, 0.2) is 5.97 Å². The van der Waals surface area contributed by atoms with E-state index in [1.807, 2.05) is 0 Å². The van der Waals surface area contributed by atoms with E-state index in [-0.39, 0.29) is 29.6 Å². The summed E-state index contributed by atoms with van der Waals surface area (Å²) < 4.78 is 0. The van der Waals surface area contributed by atoms with Crippen molar-refractivity contribution >= 4 is 12.2 Å². The molecule has 0 bridgehead atoms. The molecule has 0 radical (unpaired) electrons. The Morgan fingerprint density at radius 2 is 2.17 bits per heavy atom. The number of hydrogen-bond donors (Lipinski definition) is 0. The first-order valence-electron chi connectivity index (χ1n) is 2.42. The molecule has 1 unspecified atom stereocenters. The van der Waals surface area contributed by atoms with E-state index < -0.39 is 16.6 Å². The van der Waals surface area contributed by atoms with Gasteiger partial charge < -0.3 is 9.90 Å². The van der Waals surface area contributed by atoms with Crippen LogP contribution in [0, 0.1) is 10.1 Å². The molecule has 0 spiro atoms. The van der Waals surface area contributed by atoms with Crippen LogP contribution in [0.1, 0.15) is 0 Å². The molecule has 0 fully saturated rings. The Bertz CT molecular complexity index is 245. The Morgan fingerprint density at radius 1 is 1.58 bits per heavy atom. The van der Waals surface area contributed by atoms with Crippen molar-refractivity contribution in [1.82, 2.24) is 0 Å². The van der Waals surface area contributed by atoms with Gasteiger partial charge in [0.2, 0.25) is 0 Å². The Labute approximate surface area is 87.8 Å². The fourth-order valence-electron chi connectivity index (χ4n) is 0.478. The molecule has 8 nitrogen and oxygen atoms in total. The zero-order valence-electron chi connectivity index (χ0n) is 6.00. The molecule has 1 atom stereocenters. The van der Waals surface area contributed by atoms with Crippen LogP contribution in [-0.2, 0) is 4.79 Å². The number of carboxylic acids is 1. The van der Waals surface area contributed by atoms with Crippen LogP contribution in [0.4, 0.5) is 0 Å². The summed E-state index contributed by atoms with van der Waals surface area (Å²) in [5.74, 6) is -1.95. The van der Waals surface area contributed by atoms with Crippen molar-refractivity contribution in [2.45, 2.75) is 5.66 Å². The number of carbonyl (C=O) groups excluding carboxylic acids is 1. The number of nitro groups is 1. The van der Waals surface area contributed by atoms with Crippen molar-refractivity contribution in [1.29, 1.82) is 0 Å². The van der Waals surface area contributed by atoms with Crippen LogP contribution in [0.3, 0.4) is 0 Å². The zero-order chi connectivity index (χ0) is 8.48. The van der Waals surface area contributed by atoms with Crippen LogP contribution in [0.2, 0.25) is 0 Å². The molecule has 0 aromatic rings. The first-order chi connectivity index (χ1) is 5.09. The summed E-state index contributed by atoms with van der Waals surface area (Å²) in [4.78, 5) is 19.1. The Balaban J connectivity index is 0.00000121. The van der Waals surface area contributed by atoms with Gasteiger partial charge in [0.05, 0.1) is 4.92 Å². The van der Waals surface area contributed by atoms with Gasteiger partial charge >= 0.3 is 35.2 Å². The predicted molar refractivity (Wildman–Crippen MR) is 28.1 cm³/mol. The maximum atomic E-state index is 10.2. The normalized spacial score (nSPS) is 25.0. The third-order valence-electron chi connectivity index (χ3n) is 1.07. The summed E-state index contributed by atoms with van der Waals surface area (Å²) in [6, 6.07) is 0. The van der Waals surface area contributed by atoms with E-state index in [9.17, 15) is 20.0 Å². The summed E-state index contributed by atoms with van der Waals surface area (Å²) >= 11 is 0. The number of carboxylic acid groups (broad SMARTS) is 1. The Hall–Kier alpha value is -0.860. The van der Waals surface area contributed by atoms with Crippen LogP contribution in [0.15, 0.2) is 15.4 Å². The molecular weight excluding hydrogens is 179 g/mol. The number of rotatable bonds is 2. The number of aliphatic carboxylic acids is 1. The summed E-state index contributed by atoms with van der Waals surface area (Å²) in [5, 5.41) is 28.8. The molecule has 1 aliphatic heterocycles. The fourth-order valence-corrected chi connectivity index (χ4v) is 0.478. The van der Waals surface area contributed by atoms with Gasteiger partial charge in [0.1, 0.15) is 6.21 Å². The summed E-state index contributed by atoms with van der Waals surface area (Å²) in [7, 11) is 0. The van der Waals surface area contributed by atoms with Crippen LogP contribution in [0.5, 0.6) is 0 Å². The van der Waals surface area contributed by atoms with E-state index >= 15 is 0 Å². The number of nitrogens with zero attached hydrogens (tertiary/aromatic N) is 4. The minimum Gasteiger partial charge on any atom is -0.541 e. The van der Waals surface area contributed by atoms with Gasteiger partial charge in [0, 0.05) is 0 Å². The fraction of sp³-hybridized carbons (Fsp3) is 0.333. The van der Waals surface area contributed by atoms with Crippen LogP contribution in [0.25, 0.3) is 0 Å². The SMILES string of the molecule is O=C([O-])C1([N+](=O)[O-])C=NN=N1.[Na+]. The maximum absolute atomic E-state index is 10.2. The molecule has 0 N–H and O–H groups in total. The summed E-state index contributed by atoms with van der Waals surface area (Å²) in [5.41, 5.74) is -2.61.